The molecular formula is C25H29N3O3. The molecule has 4 rings (SSSR count). The van der Waals surface area contributed by atoms with Crippen LogP contribution in [0.15, 0.2) is 65.3 Å². The highest BCUT2D eigenvalue weighted by Crippen LogP contribution is 2.25. The zero-order valence-electron chi connectivity index (χ0n) is 18.1. The Balaban J connectivity index is 1.50. The molecule has 1 amide bonds. The van der Waals surface area contributed by atoms with Crippen molar-refractivity contribution >= 4 is 5.91 Å². The summed E-state index contributed by atoms with van der Waals surface area (Å²) in [5.74, 6) is 1.24. The van der Waals surface area contributed by atoms with E-state index in [9.17, 15) is 4.79 Å². The van der Waals surface area contributed by atoms with E-state index in [1.807, 2.05) is 37.3 Å². The highest BCUT2D eigenvalue weighted by molar-refractivity contribution is 5.92. The fourth-order valence-corrected chi connectivity index (χ4v) is 3.51. The zero-order valence-corrected chi connectivity index (χ0v) is 18.1. The average Bonchev–Trinajstić information content (AvgIpc) is 3.48. The summed E-state index contributed by atoms with van der Waals surface area (Å²) in [5.41, 5.74) is 2.73. The van der Waals surface area contributed by atoms with Crippen LogP contribution in [-0.2, 0) is 13.1 Å². The fourth-order valence-electron chi connectivity index (χ4n) is 3.51. The molecule has 1 atom stereocenters. The molecule has 0 bridgehead atoms. The quantitative estimate of drug-likeness (QED) is 0.515. The van der Waals surface area contributed by atoms with Gasteiger partial charge in [-0.25, -0.2) is 4.98 Å². The molecule has 0 spiro atoms. The maximum absolute atomic E-state index is 12.3. The molecule has 0 aliphatic heterocycles. The van der Waals surface area contributed by atoms with Gasteiger partial charge in [0.2, 0.25) is 5.89 Å². The molecule has 0 saturated heterocycles. The molecule has 3 aromatic rings. The Kier molecular flexibility index (Phi) is 6.67. The van der Waals surface area contributed by atoms with Crippen molar-refractivity contribution in [1.29, 1.82) is 0 Å². The molecule has 1 N–H and O–H groups in total. The highest BCUT2D eigenvalue weighted by atomic mass is 16.5. The summed E-state index contributed by atoms with van der Waals surface area (Å²) < 4.78 is 11.2. The van der Waals surface area contributed by atoms with E-state index < -0.39 is 0 Å². The van der Waals surface area contributed by atoms with Gasteiger partial charge in [-0.15, -0.1) is 0 Å². The van der Waals surface area contributed by atoms with Crippen LogP contribution in [0.2, 0.25) is 0 Å². The molecule has 1 saturated carbocycles. The topological polar surface area (TPSA) is 67.6 Å². The molecule has 1 aliphatic carbocycles. The summed E-state index contributed by atoms with van der Waals surface area (Å²) in [4.78, 5) is 19.0. The van der Waals surface area contributed by atoms with E-state index in [2.05, 4.69) is 46.4 Å². The maximum Gasteiger partial charge on any atom is 0.273 e. The van der Waals surface area contributed by atoms with Crippen LogP contribution in [0.3, 0.4) is 0 Å². The van der Waals surface area contributed by atoms with Crippen LogP contribution in [0, 0.1) is 0 Å². The molecule has 162 valence electrons. The summed E-state index contributed by atoms with van der Waals surface area (Å²) in [6.45, 7) is 6.02. The van der Waals surface area contributed by atoms with Crippen molar-refractivity contribution in [3.8, 4) is 5.75 Å². The van der Waals surface area contributed by atoms with Crippen molar-refractivity contribution in [2.75, 3.05) is 6.61 Å². The number of nitrogens with zero attached hydrogens (tertiary/aromatic N) is 2. The van der Waals surface area contributed by atoms with Crippen LogP contribution in [0.5, 0.6) is 5.75 Å². The van der Waals surface area contributed by atoms with Gasteiger partial charge in [-0.2, -0.15) is 0 Å². The number of amides is 1. The average molecular weight is 420 g/mol. The fraction of sp³-hybridized carbons (Fsp3) is 0.360. The van der Waals surface area contributed by atoms with Crippen LogP contribution in [0.1, 0.15) is 60.2 Å². The smallest absolute Gasteiger partial charge is 0.273 e. The van der Waals surface area contributed by atoms with Gasteiger partial charge < -0.3 is 14.5 Å². The van der Waals surface area contributed by atoms with Crippen LogP contribution in [0.4, 0.5) is 0 Å². The van der Waals surface area contributed by atoms with Crippen LogP contribution in [0.25, 0.3) is 0 Å². The predicted molar refractivity (Wildman–Crippen MR) is 119 cm³/mol. The number of oxazole rings is 1. The summed E-state index contributed by atoms with van der Waals surface area (Å²) in [6.07, 6.45) is 3.54. The molecule has 1 fully saturated rings. The van der Waals surface area contributed by atoms with Gasteiger partial charge in [0.15, 0.2) is 5.69 Å². The summed E-state index contributed by atoms with van der Waals surface area (Å²) in [6, 6.07) is 19.0. The third kappa shape index (κ3) is 5.73. The maximum atomic E-state index is 12.3. The molecule has 1 aromatic heterocycles. The second kappa shape index (κ2) is 9.79. The second-order valence-corrected chi connectivity index (χ2v) is 7.94. The van der Waals surface area contributed by atoms with Gasteiger partial charge in [0.25, 0.3) is 5.91 Å². The first-order chi connectivity index (χ1) is 15.1. The van der Waals surface area contributed by atoms with E-state index in [0.29, 0.717) is 37.3 Å². The Labute approximate surface area is 183 Å². The zero-order chi connectivity index (χ0) is 21.6. The summed E-state index contributed by atoms with van der Waals surface area (Å²) in [5, 5.41) is 2.95. The van der Waals surface area contributed by atoms with Crippen molar-refractivity contribution in [2.24, 2.45) is 0 Å². The van der Waals surface area contributed by atoms with Gasteiger partial charge in [0, 0.05) is 18.6 Å². The minimum atomic E-state index is -0.160. The molecule has 1 aliphatic rings. The number of rotatable bonds is 10. The van der Waals surface area contributed by atoms with Crippen LogP contribution < -0.4 is 10.1 Å². The Bertz CT molecular complexity index is 981. The van der Waals surface area contributed by atoms with Gasteiger partial charge in [-0.05, 0) is 49.9 Å². The lowest BCUT2D eigenvalue weighted by Gasteiger charge is -2.28. The van der Waals surface area contributed by atoms with Crippen molar-refractivity contribution in [3.05, 3.63) is 83.6 Å². The highest BCUT2D eigenvalue weighted by Gasteiger charge is 2.26. The molecule has 0 unspecified atom stereocenters. The standard InChI is InChI=1S/C25H29N3O3/c1-3-30-22-13-9-19(10-14-22)15-28(18(2)20-7-5-4-6-8-20)16-24-27-23(17-31-24)25(29)26-21-11-12-21/h4-10,13-14,17-18,21H,3,11-12,15-16H2,1-2H3,(H,26,29)/t18-/m1/s1. The number of ether oxygens (including phenoxy) is 1. The Hall–Kier alpha value is -3.12. The van der Waals surface area contributed by atoms with Crippen molar-refractivity contribution in [3.63, 3.8) is 0 Å². The third-order valence-electron chi connectivity index (χ3n) is 5.49. The summed E-state index contributed by atoms with van der Waals surface area (Å²) in [7, 11) is 0. The van der Waals surface area contributed by atoms with E-state index in [0.717, 1.165) is 18.6 Å². The number of carbonyl (C=O) groups is 1. The summed E-state index contributed by atoms with van der Waals surface area (Å²) >= 11 is 0. The molecule has 1 heterocycles. The van der Waals surface area contributed by atoms with E-state index in [1.54, 1.807) is 0 Å². The number of hydrogen-bond acceptors (Lipinski definition) is 5. The van der Waals surface area contributed by atoms with Gasteiger partial charge >= 0.3 is 0 Å². The molecule has 2 aromatic carbocycles. The molecule has 0 radical (unpaired) electrons. The number of carbonyl (C=O) groups excluding carboxylic acids is 1. The normalized spacial score (nSPS) is 14.4. The van der Waals surface area contributed by atoms with E-state index in [-0.39, 0.29) is 11.9 Å². The Morgan fingerprint density at radius 1 is 1.16 bits per heavy atom. The van der Waals surface area contributed by atoms with E-state index in [4.69, 9.17) is 9.15 Å². The van der Waals surface area contributed by atoms with Gasteiger partial charge in [-0.3, -0.25) is 9.69 Å². The van der Waals surface area contributed by atoms with Gasteiger partial charge in [0.1, 0.15) is 12.0 Å². The Morgan fingerprint density at radius 3 is 2.58 bits per heavy atom. The predicted octanol–water partition coefficient (Wildman–Crippen LogP) is 4.73. The molecular weight excluding hydrogens is 390 g/mol. The minimum absolute atomic E-state index is 0.142. The Morgan fingerprint density at radius 2 is 1.90 bits per heavy atom. The third-order valence-corrected chi connectivity index (χ3v) is 5.49. The minimum Gasteiger partial charge on any atom is -0.494 e. The lowest BCUT2D eigenvalue weighted by Crippen LogP contribution is -2.27. The molecule has 6 heteroatoms. The van der Waals surface area contributed by atoms with Crippen molar-refractivity contribution in [2.45, 2.75) is 51.9 Å². The number of hydrogen-bond donors (Lipinski definition) is 1. The van der Waals surface area contributed by atoms with E-state index in [1.165, 1.54) is 17.4 Å². The first-order valence-corrected chi connectivity index (χ1v) is 10.9. The van der Waals surface area contributed by atoms with Gasteiger partial charge in [-0.1, -0.05) is 42.5 Å². The molecule has 6 nitrogen and oxygen atoms in total. The second-order valence-electron chi connectivity index (χ2n) is 7.94. The number of benzene rings is 2. The number of aromatic nitrogens is 1. The van der Waals surface area contributed by atoms with Crippen molar-refractivity contribution < 1.29 is 13.9 Å². The number of nitrogens with one attached hydrogen (secondary N) is 1. The lowest BCUT2D eigenvalue weighted by atomic mass is 10.1. The lowest BCUT2D eigenvalue weighted by molar-refractivity contribution is 0.0946. The largest absolute Gasteiger partial charge is 0.494 e. The van der Waals surface area contributed by atoms with E-state index >= 15 is 0 Å². The van der Waals surface area contributed by atoms with Crippen LogP contribution in [-0.4, -0.2) is 28.4 Å². The monoisotopic (exact) mass is 419 g/mol. The van der Waals surface area contributed by atoms with Crippen LogP contribution >= 0.6 is 0 Å². The molecule has 31 heavy (non-hydrogen) atoms. The van der Waals surface area contributed by atoms with Crippen molar-refractivity contribution in [1.82, 2.24) is 15.2 Å². The SMILES string of the molecule is CCOc1ccc(CN(Cc2nc(C(=O)NC3CC3)co2)[C@H](C)c2ccccc2)cc1. The first kappa shape index (κ1) is 21.1. The van der Waals surface area contributed by atoms with Gasteiger partial charge in [0.05, 0.1) is 13.2 Å². The first-order valence-electron chi connectivity index (χ1n) is 10.9.